The number of nitrogens with one attached hydrogen (secondary N) is 4. The molecule has 0 amide bonds. The van der Waals surface area contributed by atoms with Crippen molar-refractivity contribution in [2.45, 2.75) is 53.1 Å². The van der Waals surface area contributed by atoms with Gasteiger partial charge < -0.3 is 20.6 Å². The van der Waals surface area contributed by atoms with Crippen molar-refractivity contribution in [2.75, 3.05) is 13.1 Å². The van der Waals surface area contributed by atoms with Crippen molar-refractivity contribution < 1.29 is 0 Å². The Morgan fingerprint density at radius 3 is 1.82 bits per heavy atom. The summed E-state index contributed by atoms with van der Waals surface area (Å²) in [6.07, 6.45) is 5.09. The van der Waals surface area contributed by atoms with Gasteiger partial charge in [-0.25, -0.2) is 9.97 Å². The maximum atomic E-state index is 4.86. The third-order valence-corrected chi connectivity index (χ3v) is 5.94. The lowest BCUT2D eigenvalue weighted by atomic mass is 10.0. The second-order valence-corrected chi connectivity index (χ2v) is 8.62. The zero-order chi connectivity index (χ0) is 23.8. The van der Waals surface area contributed by atoms with Crippen LogP contribution in [0.5, 0.6) is 0 Å². The molecule has 0 aliphatic carbocycles. The summed E-state index contributed by atoms with van der Waals surface area (Å²) in [4.78, 5) is 16.3. The first kappa shape index (κ1) is 23.9. The van der Waals surface area contributed by atoms with Gasteiger partial charge in [-0.15, -0.1) is 0 Å². The predicted octanol–water partition coefficient (Wildman–Crippen LogP) is 5.70. The largest absolute Gasteiger partial charge is 0.344 e. The van der Waals surface area contributed by atoms with Crippen LogP contribution in [0.15, 0.2) is 54.7 Å². The fraction of sp³-hybridized carbons (Fsp3) is 0.357. The lowest BCUT2D eigenvalue weighted by Crippen LogP contribution is -2.14. The van der Waals surface area contributed by atoms with E-state index < -0.39 is 0 Å². The first-order valence-electron chi connectivity index (χ1n) is 12.5. The number of hydrogen-bond acceptors (Lipinski definition) is 4. The Bertz CT molecular complexity index is 1150. The van der Waals surface area contributed by atoms with E-state index in [1.807, 2.05) is 6.20 Å². The zero-order valence-corrected chi connectivity index (χ0v) is 20.5. The molecule has 2 aromatic heterocycles. The highest BCUT2D eigenvalue weighted by Crippen LogP contribution is 2.28. The van der Waals surface area contributed by atoms with Gasteiger partial charge in [-0.05, 0) is 49.0 Å². The molecule has 178 valence electrons. The van der Waals surface area contributed by atoms with Crippen LogP contribution in [0.3, 0.4) is 0 Å². The first-order chi connectivity index (χ1) is 16.7. The van der Waals surface area contributed by atoms with Crippen molar-refractivity contribution in [3.63, 3.8) is 0 Å². The fourth-order valence-electron chi connectivity index (χ4n) is 4.07. The van der Waals surface area contributed by atoms with Crippen molar-refractivity contribution in [1.29, 1.82) is 0 Å². The van der Waals surface area contributed by atoms with Gasteiger partial charge >= 0.3 is 0 Å². The Labute approximate surface area is 202 Å². The summed E-state index contributed by atoms with van der Waals surface area (Å²) in [6.45, 7) is 10.1. The van der Waals surface area contributed by atoms with Gasteiger partial charge in [0.15, 0.2) is 0 Å². The number of H-pyrrole nitrogens is 2. The molecule has 0 saturated heterocycles. The summed E-state index contributed by atoms with van der Waals surface area (Å²) in [6, 6.07) is 17.4. The fourth-order valence-corrected chi connectivity index (χ4v) is 4.07. The number of benzene rings is 2. The maximum Gasteiger partial charge on any atom is 0.121 e. The van der Waals surface area contributed by atoms with Crippen LogP contribution < -0.4 is 10.6 Å². The molecule has 34 heavy (non-hydrogen) atoms. The van der Waals surface area contributed by atoms with Gasteiger partial charge in [0.2, 0.25) is 0 Å². The SMILES string of the molecule is CCCNCc1ncc(-c2ccc(-c3ccc(-c4nc(CNCCC)[nH]c4CC)cc3)cc2)[nH]1. The Hall–Kier alpha value is -3.22. The van der Waals surface area contributed by atoms with Crippen LogP contribution in [0.25, 0.3) is 33.6 Å². The summed E-state index contributed by atoms with van der Waals surface area (Å²) in [5.74, 6) is 1.97. The first-order valence-corrected chi connectivity index (χ1v) is 12.5. The number of hydrogen-bond donors (Lipinski definition) is 4. The highest BCUT2D eigenvalue weighted by molar-refractivity contribution is 5.72. The monoisotopic (exact) mass is 456 g/mol. The Morgan fingerprint density at radius 1 is 0.676 bits per heavy atom. The van der Waals surface area contributed by atoms with E-state index in [9.17, 15) is 0 Å². The van der Waals surface area contributed by atoms with Crippen LogP contribution in [-0.2, 0) is 19.5 Å². The number of nitrogens with zero attached hydrogens (tertiary/aromatic N) is 2. The minimum atomic E-state index is 0.769. The molecule has 0 aliphatic heterocycles. The molecule has 0 fully saturated rings. The van der Waals surface area contributed by atoms with Crippen LogP contribution in [0.4, 0.5) is 0 Å². The molecular weight excluding hydrogens is 420 g/mol. The lowest BCUT2D eigenvalue weighted by molar-refractivity contribution is 0.654. The minimum absolute atomic E-state index is 0.769. The molecule has 6 nitrogen and oxygen atoms in total. The van der Waals surface area contributed by atoms with Crippen molar-refractivity contribution in [3.05, 3.63) is 72.1 Å². The van der Waals surface area contributed by atoms with Crippen molar-refractivity contribution in [1.82, 2.24) is 30.6 Å². The van der Waals surface area contributed by atoms with E-state index in [0.717, 1.165) is 79.6 Å². The molecule has 0 saturated carbocycles. The van der Waals surface area contributed by atoms with Gasteiger partial charge in [0.05, 0.1) is 30.7 Å². The third kappa shape index (κ3) is 5.82. The average Bonchev–Trinajstić information content (AvgIpc) is 3.52. The number of imidazole rings is 2. The van der Waals surface area contributed by atoms with E-state index >= 15 is 0 Å². The highest BCUT2D eigenvalue weighted by atomic mass is 15.0. The summed E-state index contributed by atoms with van der Waals surface area (Å²) >= 11 is 0. The molecule has 4 aromatic rings. The summed E-state index contributed by atoms with van der Waals surface area (Å²) in [5, 5.41) is 6.80. The quantitative estimate of drug-likeness (QED) is 0.206. The lowest BCUT2D eigenvalue weighted by Gasteiger charge is -2.06. The zero-order valence-electron chi connectivity index (χ0n) is 20.5. The van der Waals surface area contributed by atoms with E-state index in [0.29, 0.717) is 0 Å². The molecule has 0 aliphatic rings. The van der Waals surface area contributed by atoms with E-state index in [1.54, 1.807) is 0 Å². The maximum absolute atomic E-state index is 4.86. The number of aromatic amines is 2. The molecule has 0 bridgehead atoms. The normalized spacial score (nSPS) is 11.3. The highest BCUT2D eigenvalue weighted by Gasteiger charge is 2.11. The van der Waals surface area contributed by atoms with Crippen molar-refractivity contribution in [3.8, 4) is 33.6 Å². The number of aryl methyl sites for hydroxylation is 1. The molecule has 2 aromatic carbocycles. The molecule has 4 N–H and O–H groups in total. The van der Waals surface area contributed by atoms with Gasteiger partial charge in [0.1, 0.15) is 11.6 Å². The standard InChI is InChI=1S/C28H36N6/c1-4-15-29-18-26-31-17-25(33-26)22-11-7-20(8-12-22)21-9-13-23(14-10-21)28-24(6-3)32-27(34-28)19-30-16-5-2/h7-14,17,29-30H,4-6,15-16,18-19H2,1-3H3,(H,31,33)(H,32,34). The topological polar surface area (TPSA) is 81.4 Å². The van der Waals surface area contributed by atoms with Crippen LogP contribution in [0.1, 0.15) is 51.0 Å². The molecule has 4 rings (SSSR count). The van der Waals surface area contributed by atoms with Crippen molar-refractivity contribution in [2.24, 2.45) is 0 Å². The molecule has 0 atom stereocenters. The van der Waals surface area contributed by atoms with Gasteiger partial charge in [0.25, 0.3) is 0 Å². The van der Waals surface area contributed by atoms with Gasteiger partial charge in [0, 0.05) is 11.3 Å². The second kappa shape index (κ2) is 11.8. The number of aromatic nitrogens is 4. The van der Waals surface area contributed by atoms with E-state index in [4.69, 9.17) is 4.98 Å². The summed E-state index contributed by atoms with van der Waals surface area (Å²) < 4.78 is 0. The van der Waals surface area contributed by atoms with E-state index in [-0.39, 0.29) is 0 Å². The molecule has 0 spiro atoms. The molecule has 6 heteroatoms. The average molecular weight is 457 g/mol. The van der Waals surface area contributed by atoms with Crippen LogP contribution in [0.2, 0.25) is 0 Å². The van der Waals surface area contributed by atoms with Gasteiger partial charge in [-0.2, -0.15) is 0 Å². The van der Waals surface area contributed by atoms with Crippen molar-refractivity contribution >= 4 is 0 Å². The predicted molar refractivity (Wildman–Crippen MR) is 140 cm³/mol. The Balaban J connectivity index is 1.45. The van der Waals surface area contributed by atoms with Crippen LogP contribution >= 0.6 is 0 Å². The van der Waals surface area contributed by atoms with E-state index in [2.05, 4.69) is 94.9 Å². The molecule has 2 heterocycles. The second-order valence-electron chi connectivity index (χ2n) is 8.62. The summed E-state index contributed by atoms with van der Waals surface area (Å²) in [5.41, 5.74) is 7.98. The smallest absolute Gasteiger partial charge is 0.121 e. The third-order valence-electron chi connectivity index (χ3n) is 5.94. The molecule has 0 unspecified atom stereocenters. The Morgan fingerprint density at radius 2 is 1.24 bits per heavy atom. The van der Waals surface area contributed by atoms with E-state index in [1.165, 1.54) is 16.8 Å². The van der Waals surface area contributed by atoms with Crippen LogP contribution in [0, 0.1) is 0 Å². The number of rotatable bonds is 12. The summed E-state index contributed by atoms with van der Waals surface area (Å²) in [7, 11) is 0. The van der Waals surface area contributed by atoms with Gasteiger partial charge in [-0.3, -0.25) is 0 Å². The molecular formula is C28H36N6. The van der Waals surface area contributed by atoms with Crippen LogP contribution in [-0.4, -0.2) is 33.0 Å². The van der Waals surface area contributed by atoms with Gasteiger partial charge in [-0.1, -0.05) is 69.3 Å². The minimum Gasteiger partial charge on any atom is -0.344 e. The Kier molecular flexibility index (Phi) is 8.28. The molecule has 0 radical (unpaired) electrons.